The van der Waals surface area contributed by atoms with E-state index in [0.717, 1.165) is 18.4 Å². The van der Waals surface area contributed by atoms with Gasteiger partial charge in [-0.1, -0.05) is 12.5 Å². The zero-order valence-corrected chi connectivity index (χ0v) is 7.87. The van der Waals surface area contributed by atoms with Crippen molar-refractivity contribution in [3.8, 4) is 0 Å². The molecule has 2 heteroatoms. The molecule has 0 amide bonds. The quantitative estimate of drug-likeness (QED) is 0.277. The van der Waals surface area contributed by atoms with Gasteiger partial charge in [0.25, 0.3) is 0 Å². The Bertz CT molecular complexity index is 79.0. The molecule has 0 unspecified atom stereocenters. The van der Waals surface area contributed by atoms with E-state index in [-0.39, 0.29) is 35.5 Å². The Morgan fingerprint density at radius 2 is 2.00 bits per heavy atom. The van der Waals surface area contributed by atoms with Crippen LogP contribution in [0.15, 0.2) is 24.8 Å². The molecule has 0 nitrogen and oxygen atoms in total. The third kappa shape index (κ3) is 17.8. The fourth-order valence-electron chi connectivity index (χ4n) is 0.306. The number of allylic oxidation sites excluding steroid dienone is 2. The maximum Gasteiger partial charge on any atom is 2.00 e. The van der Waals surface area contributed by atoms with E-state index in [1.807, 2.05) is 6.08 Å². The first-order chi connectivity index (χ1) is 3.27. The molecule has 0 fully saturated rings. The van der Waals surface area contributed by atoms with Crippen LogP contribution in [-0.2, 0) is 0 Å². The minimum absolute atomic E-state index is 0. The summed E-state index contributed by atoms with van der Waals surface area (Å²) >= 11 is 0. The fraction of sp³-hybridized carbons (Fsp3) is 0.286. The predicted molar refractivity (Wildman–Crippen MR) is 39.7 cm³/mol. The molecular formula is C7H11ClMg. The Balaban J connectivity index is -0.000000180. The minimum Gasteiger partial charge on any atom is -1.00 e. The van der Waals surface area contributed by atoms with Gasteiger partial charge in [-0.3, -0.25) is 0 Å². The van der Waals surface area contributed by atoms with Crippen LogP contribution in [0.4, 0.5) is 0 Å². The molecule has 0 saturated heterocycles. The molecule has 0 aliphatic carbocycles. The predicted octanol–water partition coefficient (Wildman–Crippen LogP) is -1.03. The third-order valence-electron chi connectivity index (χ3n) is 0.702. The molecular weight excluding hydrogens is 144 g/mol. The van der Waals surface area contributed by atoms with Gasteiger partial charge in [0.1, 0.15) is 0 Å². The van der Waals surface area contributed by atoms with Crippen LogP contribution in [0.2, 0.25) is 0 Å². The van der Waals surface area contributed by atoms with Gasteiger partial charge in [0, 0.05) is 0 Å². The van der Waals surface area contributed by atoms with Gasteiger partial charge in [-0.15, -0.1) is 6.58 Å². The van der Waals surface area contributed by atoms with E-state index < -0.39 is 0 Å². The SMILES string of the molecule is C=CCCC(=C)[CH2-].[Cl-].[Mg+2]. The third-order valence-corrected chi connectivity index (χ3v) is 0.702. The topological polar surface area (TPSA) is 0 Å². The second-order valence-electron chi connectivity index (χ2n) is 1.58. The van der Waals surface area contributed by atoms with Gasteiger partial charge in [-0.05, 0) is 6.42 Å². The van der Waals surface area contributed by atoms with Gasteiger partial charge in [0.2, 0.25) is 0 Å². The van der Waals surface area contributed by atoms with Crippen LogP contribution < -0.4 is 12.4 Å². The molecule has 0 aliphatic rings. The molecule has 0 aromatic rings. The molecule has 0 heterocycles. The number of rotatable bonds is 3. The van der Waals surface area contributed by atoms with Gasteiger partial charge in [-0.25, -0.2) is 19.1 Å². The van der Waals surface area contributed by atoms with Crippen LogP contribution in [0.25, 0.3) is 0 Å². The molecule has 0 bridgehead atoms. The van der Waals surface area contributed by atoms with E-state index >= 15 is 0 Å². The summed E-state index contributed by atoms with van der Waals surface area (Å²) in [4.78, 5) is 0. The van der Waals surface area contributed by atoms with Crippen molar-refractivity contribution in [3.63, 3.8) is 0 Å². The van der Waals surface area contributed by atoms with E-state index in [9.17, 15) is 0 Å². The maximum absolute atomic E-state index is 3.63. The molecule has 0 atom stereocenters. The van der Waals surface area contributed by atoms with Crippen molar-refractivity contribution < 1.29 is 12.4 Å². The summed E-state index contributed by atoms with van der Waals surface area (Å²) in [7, 11) is 0. The Morgan fingerprint density at radius 1 is 1.56 bits per heavy atom. The van der Waals surface area contributed by atoms with Crippen LogP contribution in [0.3, 0.4) is 0 Å². The van der Waals surface area contributed by atoms with Crippen molar-refractivity contribution in [2.24, 2.45) is 0 Å². The minimum atomic E-state index is 0. The summed E-state index contributed by atoms with van der Waals surface area (Å²) in [5, 5.41) is 0. The van der Waals surface area contributed by atoms with E-state index in [2.05, 4.69) is 20.1 Å². The summed E-state index contributed by atoms with van der Waals surface area (Å²) in [5.74, 6) is 0. The Labute approximate surface area is 80.0 Å². The summed E-state index contributed by atoms with van der Waals surface area (Å²) in [6.07, 6.45) is 3.85. The molecule has 0 aliphatic heterocycles. The van der Waals surface area contributed by atoms with Gasteiger partial charge in [0.05, 0.1) is 0 Å². The Morgan fingerprint density at radius 3 is 2.11 bits per heavy atom. The molecule has 0 N–H and O–H groups in total. The monoisotopic (exact) mass is 154 g/mol. The second kappa shape index (κ2) is 11.2. The standard InChI is InChI=1S/C7H11.ClH.Mg/c1-4-5-6-7(2)3;;/h4H,1-3,5-6H2;1H;/q-1;;+2/p-1. The number of halogens is 1. The Hall–Kier alpha value is 0.406. The van der Waals surface area contributed by atoms with E-state index in [0.29, 0.717) is 0 Å². The molecule has 0 radical (unpaired) electrons. The first kappa shape index (κ1) is 16.2. The molecule has 0 spiro atoms. The van der Waals surface area contributed by atoms with Crippen LogP contribution >= 0.6 is 0 Å². The molecule has 9 heavy (non-hydrogen) atoms. The summed E-state index contributed by atoms with van der Waals surface area (Å²) in [5.41, 5.74) is 0.986. The van der Waals surface area contributed by atoms with Crippen molar-refractivity contribution in [3.05, 3.63) is 31.7 Å². The Kier molecular flexibility index (Phi) is 20.2. The van der Waals surface area contributed by atoms with Crippen LogP contribution in [0.5, 0.6) is 0 Å². The zero-order chi connectivity index (χ0) is 5.70. The molecule has 0 saturated carbocycles. The largest absolute Gasteiger partial charge is 2.00 e. The molecule has 0 aromatic heterocycles. The van der Waals surface area contributed by atoms with Gasteiger partial charge < -0.3 is 12.4 Å². The fourth-order valence-corrected chi connectivity index (χ4v) is 0.306. The van der Waals surface area contributed by atoms with Gasteiger partial charge >= 0.3 is 23.1 Å². The maximum atomic E-state index is 3.63. The average Bonchev–Trinajstić information content (AvgIpc) is 1.61. The normalized spacial score (nSPS) is 6.22. The first-order valence-electron chi connectivity index (χ1n) is 2.38. The summed E-state index contributed by atoms with van der Waals surface area (Å²) in [6.45, 7) is 10.8. The van der Waals surface area contributed by atoms with Crippen LogP contribution in [-0.4, -0.2) is 23.1 Å². The van der Waals surface area contributed by atoms with Crippen LogP contribution in [0, 0.1) is 6.92 Å². The zero-order valence-electron chi connectivity index (χ0n) is 5.70. The van der Waals surface area contributed by atoms with Crippen molar-refractivity contribution in [2.75, 3.05) is 0 Å². The van der Waals surface area contributed by atoms with Crippen LogP contribution in [0.1, 0.15) is 12.8 Å². The average molecular weight is 155 g/mol. The first-order valence-corrected chi connectivity index (χ1v) is 2.38. The van der Waals surface area contributed by atoms with Crippen molar-refractivity contribution in [2.45, 2.75) is 12.8 Å². The van der Waals surface area contributed by atoms with E-state index in [4.69, 9.17) is 0 Å². The van der Waals surface area contributed by atoms with E-state index in [1.54, 1.807) is 0 Å². The van der Waals surface area contributed by atoms with E-state index in [1.165, 1.54) is 0 Å². The molecule has 0 aromatic carbocycles. The number of hydrogen-bond acceptors (Lipinski definition) is 0. The molecule has 48 valence electrons. The van der Waals surface area contributed by atoms with Gasteiger partial charge in [-0.2, -0.15) is 0 Å². The van der Waals surface area contributed by atoms with Crippen molar-refractivity contribution >= 4 is 23.1 Å². The summed E-state index contributed by atoms with van der Waals surface area (Å²) in [6, 6.07) is 0. The molecule has 0 rings (SSSR count). The van der Waals surface area contributed by atoms with Crippen molar-refractivity contribution in [1.29, 1.82) is 0 Å². The summed E-state index contributed by atoms with van der Waals surface area (Å²) < 4.78 is 0. The second-order valence-corrected chi connectivity index (χ2v) is 1.58. The van der Waals surface area contributed by atoms with Gasteiger partial charge in [0.15, 0.2) is 0 Å². The number of hydrogen-bond donors (Lipinski definition) is 0. The smallest absolute Gasteiger partial charge is 1.00 e. The van der Waals surface area contributed by atoms with Crippen molar-refractivity contribution in [1.82, 2.24) is 0 Å².